The van der Waals surface area contributed by atoms with E-state index in [1.54, 1.807) is 25.1 Å². The van der Waals surface area contributed by atoms with Crippen molar-refractivity contribution in [2.75, 3.05) is 0 Å². The van der Waals surface area contributed by atoms with Gasteiger partial charge in [0.25, 0.3) is 5.91 Å². The topological polar surface area (TPSA) is 88.5 Å². The average Bonchev–Trinajstić information content (AvgIpc) is 2.97. The number of carboxylic acid groups (broad SMARTS) is 1. The lowest BCUT2D eigenvalue weighted by molar-refractivity contribution is -0.127. The number of aromatic carboxylic acids is 1. The molecular weight excluding hydrogens is 340 g/mol. The molecule has 0 aliphatic carbocycles. The lowest BCUT2D eigenvalue weighted by Gasteiger charge is -2.15. The maximum absolute atomic E-state index is 12.0. The minimum atomic E-state index is -1.09. The second kappa shape index (κ2) is 7.43. The molecule has 1 aromatic heterocycles. The highest BCUT2D eigenvalue weighted by atomic mass is 35.5. The molecule has 8 heteroatoms. The zero-order valence-electron chi connectivity index (χ0n) is 12.5. The number of carboxylic acids is 1. The maximum Gasteiger partial charge on any atom is 0.355 e. The number of carbonyl (C=O) groups is 2. The fourth-order valence-electron chi connectivity index (χ4n) is 1.74. The first kappa shape index (κ1) is 17.2. The number of hydrogen-bond acceptors (Lipinski definition) is 5. The molecule has 6 nitrogen and oxygen atoms in total. The fraction of sp³-hybridized carbons (Fsp3) is 0.267. The van der Waals surface area contributed by atoms with Gasteiger partial charge in [-0.15, -0.1) is 11.3 Å². The molecule has 23 heavy (non-hydrogen) atoms. The smallest absolute Gasteiger partial charge is 0.355 e. The first-order valence-electron chi connectivity index (χ1n) is 6.75. The highest BCUT2D eigenvalue weighted by molar-refractivity contribution is 7.09. The largest absolute Gasteiger partial charge is 0.481 e. The summed E-state index contributed by atoms with van der Waals surface area (Å²) < 4.78 is 5.56. The van der Waals surface area contributed by atoms with E-state index in [0.29, 0.717) is 15.8 Å². The van der Waals surface area contributed by atoms with Crippen LogP contribution < -0.4 is 10.1 Å². The molecule has 2 N–H and O–H groups in total. The molecule has 0 aliphatic heterocycles. The third kappa shape index (κ3) is 4.67. The highest BCUT2D eigenvalue weighted by Gasteiger charge is 2.16. The summed E-state index contributed by atoms with van der Waals surface area (Å²) in [6, 6.07) is 5.16. The molecule has 1 heterocycles. The Bertz CT molecular complexity index is 732. The van der Waals surface area contributed by atoms with Crippen LogP contribution in [-0.4, -0.2) is 28.1 Å². The number of amides is 1. The first-order chi connectivity index (χ1) is 10.9. The number of rotatable bonds is 6. The minimum absolute atomic E-state index is 0.0276. The Kier molecular flexibility index (Phi) is 5.57. The van der Waals surface area contributed by atoms with Crippen LogP contribution in [0.5, 0.6) is 5.75 Å². The van der Waals surface area contributed by atoms with Gasteiger partial charge >= 0.3 is 5.97 Å². The van der Waals surface area contributed by atoms with Crippen molar-refractivity contribution in [3.8, 4) is 5.75 Å². The molecule has 1 amide bonds. The molecule has 1 unspecified atom stereocenters. The Hall–Kier alpha value is -2.12. The predicted molar refractivity (Wildman–Crippen MR) is 87.2 cm³/mol. The van der Waals surface area contributed by atoms with Gasteiger partial charge in [0.1, 0.15) is 10.8 Å². The summed E-state index contributed by atoms with van der Waals surface area (Å²) >= 11 is 7.12. The van der Waals surface area contributed by atoms with Crippen molar-refractivity contribution in [1.82, 2.24) is 10.3 Å². The van der Waals surface area contributed by atoms with E-state index in [0.717, 1.165) is 5.56 Å². The molecule has 0 radical (unpaired) electrons. The van der Waals surface area contributed by atoms with Crippen LogP contribution in [0.4, 0.5) is 0 Å². The number of hydrogen-bond donors (Lipinski definition) is 2. The van der Waals surface area contributed by atoms with Crippen molar-refractivity contribution in [2.24, 2.45) is 0 Å². The maximum atomic E-state index is 12.0. The first-order valence-corrected chi connectivity index (χ1v) is 8.01. The SMILES string of the molecule is Cc1cc(OC(C)C(=O)NCc2nc(C(=O)O)cs2)ccc1Cl. The van der Waals surface area contributed by atoms with Crippen molar-refractivity contribution in [2.45, 2.75) is 26.5 Å². The van der Waals surface area contributed by atoms with Gasteiger partial charge in [-0.1, -0.05) is 11.6 Å². The van der Waals surface area contributed by atoms with Crippen LogP contribution in [0.2, 0.25) is 5.02 Å². The Labute approximate surface area is 142 Å². The summed E-state index contributed by atoms with van der Waals surface area (Å²) in [7, 11) is 0. The number of benzene rings is 1. The van der Waals surface area contributed by atoms with E-state index in [4.69, 9.17) is 21.4 Å². The number of thiazole rings is 1. The van der Waals surface area contributed by atoms with E-state index in [1.165, 1.54) is 16.7 Å². The van der Waals surface area contributed by atoms with Gasteiger partial charge in [-0.25, -0.2) is 9.78 Å². The number of nitrogens with zero attached hydrogens (tertiary/aromatic N) is 1. The molecule has 0 saturated heterocycles. The van der Waals surface area contributed by atoms with E-state index in [1.807, 2.05) is 6.92 Å². The quantitative estimate of drug-likeness (QED) is 0.832. The summed E-state index contributed by atoms with van der Waals surface area (Å²) in [6.45, 7) is 3.64. The van der Waals surface area contributed by atoms with Crippen molar-refractivity contribution < 1.29 is 19.4 Å². The zero-order chi connectivity index (χ0) is 17.0. The van der Waals surface area contributed by atoms with E-state index in [9.17, 15) is 9.59 Å². The van der Waals surface area contributed by atoms with E-state index < -0.39 is 12.1 Å². The molecule has 1 atom stereocenters. The molecule has 2 aromatic rings. The summed E-state index contributed by atoms with van der Waals surface area (Å²) in [4.78, 5) is 26.6. The van der Waals surface area contributed by atoms with Crippen LogP contribution in [-0.2, 0) is 11.3 Å². The lowest BCUT2D eigenvalue weighted by Crippen LogP contribution is -2.35. The summed E-state index contributed by atoms with van der Waals surface area (Å²) in [6.07, 6.45) is -0.700. The van der Waals surface area contributed by atoms with E-state index in [2.05, 4.69) is 10.3 Å². The zero-order valence-corrected chi connectivity index (χ0v) is 14.1. The minimum Gasteiger partial charge on any atom is -0.481 e. The van der Waals surface area contributed by atoms with Crippen LogP contribution >= 0.6 is 22.9 Å². The van der Waals surface area contributed by atoms with Crippen LogP contribution in [0, 0.1) is 6.92 Å². The van der Waals surface area contributed by atoms with Crippen molar-refractivity contribution >= 4 is 34.8 Å². The molecule has 0 saturated carbocycles. The van der Waals surface area contributed by atoms with Crippen LogP contribution in [0.25, 0.3) is 0 Å². The summed E-state index contributed by atoms with van der Waals surface area (Å²) in [5.41, 5.74) is 0.834. The van der Waals surface area contributed by atoms with Crippen LogP contribution in [0.3, 0.4) is 0 Å². The van der Waals surface area contributed by atoms with Gasteiger partial charge in [0.2, 0.25) is 0 Å². The second-order valence-electron chi connectivity index (χ2n) is 4.82. The molecule has 0 aliphatic rings. The van der Waals surface area contributed by atoms with Gasteiger partial charge < -0.3 is 15.2 Å². The Morgan fingerprint density at radius 3 is 2.83 bits per heavy atom. The monoisotopic (exact) mass is 354 g/mol. The molecule has 0 spiro atoms. The van der Waals surface area contributed by atoms with E-state index >= 15 is 0 Å². The molecular formula is C15H15ClN2O4S. The lowest BCUT2D eigenvalue weighted by atomic mass is 10.2. The standard InChI is InChI=1S/C15H15ClN2O4S/c1-8-5-10(3-4-11(8)16)22-9(2)14(19)17-6-13-18-12(7-23-13)15(20)21/h3-5,7,9H,6H2,1-2H3,(H,17,19)(H,20,21). The Morgan fingerprint density at radius 1 is 1.48 bits per heavy atom. The summed E-state index contributed by atoms with van der Waals surface area (Å²) in [5, 5.41) is 14.0. The molecule has 1 aromatic carbocycles. The average molecular weight is 355 g/mol. The van der Waals surface area contributed by atoms with Crippen LogP contribution in [0.15, 0.2) is 23.6 Å². The highest BCUT2D eigenvalue weighted by Crippen LogP contribution is 2.21. The van der Waals surface area contributed by atoms with Crippen molar-refractivity contribution in [1.29, 1.82) is 0 Å². The van der Waals surface area contributed by atoms with Crippen LogP contribution in [0.1, 0.15) is 28.0 Å². The molecule has 2 rings (SSSR count). The van der Waals surface area contributed by atoms with E-state index in [-0.39, 0.29) is 18.1 Å². The summed E-state index contributed by atoms with van der Waals surface area (Å²) in [5.74, 6) is -0.852. The van der Waals surface area contributed by atoms with Crippen molar-refractivity contribution in [3.05, 3.63) is 44.9 Å². The molecule has 0 fully saturated rings. The van der Waals surface area contributed by atoms with Gasteiger partial charge in [-0.3, -0.25) is 4.79 Å². The number of ether oxygens (including phenoxy) is 1. The second-order valence-corrected chi connectivity index (χ2v) is 6.17. The molecule has 0 bridgehead atoms. The Morgan fingerprint density at radius 2 is 2.22 bits per heavy atom. The van der Waals surface area contributed by atoms with Gasteiger partial charge in [0.05, 0.1) is 6.54 Å². The number of aryl methyl sites for hydroxylation is 1. The number of nitrogens with one attached hydrogen (secondary N) is 1. The number of aromatic nitrogens is 1. The third-order valence-corrected chi connectivity index (χ3v) is 4.27. The number of halogens is 1. The Balaban J connectivity index is 1.89. The normalized spacial score (nSPS) is 11.8. The molecule has 122 valence electrons. The fourth-order valence-corrected chi connectivity index (χ4v) is 2.57. The predicted octanol–water partition coefficient (Wildman–Crippen LogP) is 2.89. The number of carbonyl (C=O) groups excluding carboxylic acids is 1. The van der Waals surface area contributed by atoms with Gasteiger partial charge in [0.15, 0.2) is 11.8 Å². The third-order valence-electron chi connectivity index (χ3n) is 3.00. The van der Waals surface area contributed by atoms with Gasteiger partial charge in [0, 0.05) is 10.4 Å². The van der Waals surface area contributed by atoms with Gasteiger partial charge in [-0.2, -0.15) is 0 Å². The van der Waals surface area contributed by atoms with Crippen molar-refractivity contribution in [3.63, 3.8) is 0 Å². The van der Waals surface area contributed by atoms with Gasteiger partial charge in [-0.05, 0) is 37.6 Å².